The monoisotopic (exact) mass is 439 g/mol. The Morgan fingerprint density at radius 1 is 1.03 bits per heavy atom. The molecule has 9 N–H and O–H groups in total. The maximum atomic E-state index is 12.6. The van der Waals surface area contributed by atoms with Crippen LogP contribution in [0, 0.1) is 11.8 Å². The molecule has 5 unspecified atom stereocenters. The molecule has 1 aliphatic heterocycles. The average Bonchev–Trinajstić information content (AvgIpc) is 2.69. The number of ether oxygens (including phenoxy) is 2. The van der Waals surface area contributed by atoms with Gasteiger partial charge in [0.05, 0.1) is 6.04 Å². The Bertz CT molecular complexity index is 857. The minimum atomic E-state index is -0.960. The molecule has 1 aromatic heterocycles. The molecule has 0 saturated carbocycles. The van der Waals surface area contributed by atoms with Crippen LogP contribution < -0.4 is 33.4 Å². The number of hydrogen-bond donors (Lipinski definition) is 6. The number of hydrogen-bond acceptors (Lipinski definition) is 11. The van der Waals surface area contributed by atoms with E-state index in [2.05, 4.69) is 20.6 Å². The number of aromatic nitrogens is 2. The predicted molar refractivity (Wildman–Crippen MR) is 116 cm³/mol. The van der Waals surface area contributed by atoms with E-state index in [1.165, 1.54) is 0 Å². The fourth-order valence-electron chi connectivity index (χ4n) is 2.98. The van der Waals surface area contributed by atoms with Gasteiger partial charge in [0.2, 0.25) is 5.95 Å². The number of anilines is 3. The van der Waals surface area contributed by atoms with Gasteiger partial charge in [0.1, 0.15) is 23.9 Å². The molecule has 1 aliphatic rings. The van der Waals surface area contributed by atoms with Gasteiger partial charge in [-0.1, -0.05) is 27.7 Å². The van der Waals surface area contributed by atoms with Crippen molar-refractivity contribution in [2.24, 2.45) is 23.3 Å². The molecule has 174 valence electrons. The molecular formula is C19H33N7O5. The normalized spacial score (nSPS) is 19.5. The van der Waals surface area contributed by atoms with E-state index in [9.17, 15) is 14.4 Å². The standard InChI is InChI=1S/C19H33N7O5/c1-7(2)11(20)17(28)30-9(5)14(31-18(29)12(21)8(3)4)10-6-23-15-13(24-10)16(27)26-19(22)25-15/h7-12,14,24H,6,20-21H2,1-5H3,(H4,22,23,25,26,27). The van der Waals surface area contributed by atoms with Gasteiger partial charge in [-0.05, 0) is 18.8 Å². The number of H-pyrrole nitrogens is 1. The van der Waals surface area contributed by atoms with Crippen molar-refractivity contribution in [1.82, 2.24) is 9.97 Å². The van der Waals surface area contributed by atoms with Crippen molar-refractivity contribution in [2.75, 3.05) is 22.9 Å². The van der Waals surface area contributed by atoms with E-state index < -0.39 is 47.8 Å². The number of esters is 2. The first-order valence-corrected chi connectivity index (χ1v) is 10.2. The van der Waals surface area contributed by atoms with Crippen LogP contribution in [0.4, 0.5) is 17.5 Å². The lowest BCUT2D eigenvalue weighted by Crippen LogP contribution is -2.54. The fraction of sp³-hybridized carbons (Fsp3) is 0.684. The lowest BCUT2D eigenvalue weighted by atomic mass is 10.0. The average molecular weight is 440 g/mol. The van der Waals surface area contributed by atoms with Gasteiger partial charge in [0.15, 0.2) is 11.9 Å². The van der Waals surface area contributed by atoms with Crippen LogP contribution in [0.25, 0.3) is 0 Å². The van der Waals surface area contributed by atoms with Gasteiger partial charge in [0.25, 0.3) is 5.56 Å². The molecule has 31 heavy (non-hydrogen) atoms. The van der Waals surface area contributed by atoms with Crippen LogP contribution in [-0.2, 0) is 19.1 Å². The molecule has 0 aromatic carbocycles. The number of nitrogens with one attached hydrogen (secondary N) is 3. The van der Waals surface area contributed by atoms with Crippen LogP contribution >= 0.6 is 0 Å². The summed E-state index contributed by atoms with van der Waals surface area (Å²) in [5.74, 6) is -1.32. The Morgan fingerprint density at radius 2 is 1.58 bits per heavy atom. The van der Waals surface area contributed by atoms with Crippen molar-refractivity contribution < 1.29 is 19.1 Å². The number of rotatable bonds is 8. The van der Waals surface area contributed by atoms with Crippen LogP contribution in [0.5, 0.6) is 0 Å². The van der Waals surface area contributed by atoms with Gasteiger partial charge in [-0.15, -0.1) is 0 Å². The quantitative estimate of drug-likeness (QED) is 0.282. The summed E-state index contributed by atoms with van der Waals surface area (Å²) in [5.41, 5.74) is 17.0. The zero-order chi connectivity index (χ0) is 23.5. The van der Waals surface area contributed by atoms with Crippen LogP contribution in [0.2, 0.25) is 0 Å². The molecule has 0 bridgehead atoms. The molecular weight excluding hydrogens is 406 g/mol. The molecule has 1 aromatic rings. The molecule has 2 heterocycles. The lowest BCUT2D eigenvalue weighted by molar-refractivity contribution is -0.170. The predicted octanol–water partition coefficient (Wildman–Crippen LogP) is -0.632. The highest BCUT2D eigenvalue weighted by Crippen LogP contribution is 2.24. The van der Waals surface area contributed by atoms with E-state index in [4.69, 9.17) is 26.7 Å². The van der Waals surface area contributed by atoms with E-state index in [0.29, 0.717) is 0 Å². The highest BCUT2D eigenvalue weighted by molar-refractivity contribution is 5.77. The molecule has 0 spiro atoms. The second-order valence-electron chi connectivity index (χ2n) is 8.39. The van der Waals surface area contributed by atoms with Gasteiger partial charge in [-0.3, -0.25) is 19.4 Å². The Hall–Kier alpha value is -2.86. The topological polar surface area (TPSA) is 200 Å². The number of aromatic amines is 1. The molecule has 2 rings (SSSR count). The molecule has 12 heteroatoms. The molecule has 0 radical (unpaired) electrons. The van der Waals surface area contributed by atoms with Crippen LogP contribution in [0.1, 0.15) is 34.6 Å². The summed E-state index contributed by atoms with van der Waals surface area (Å²) in [6, 6.07) is -2.32. The van der Waals surface area contributed by atoms with Crippen LogP contribution in [0.3, 0.4) is 0 Å². The Labute approximate surface area is 180 Å². The maximum Gasteiger partial charge on any atom is 0.323 e. The summed E-state index contributed by atoms with van der Waals surface area (Å²) >= 11 is 0. The number of nitrogens with two attached hydrogens (primary N) is 3. The van der Waals surface area contributed by atoms with Crippen molar-refractivity contribution in [3.8, 4) is 0 Å². The first kappa shape index (κ1) is 24.4. The molecule has 0 aliphatic carbocycles. The summed E-state index contributed by atoms with van der Waals surface area (Å²) in [4.78, 5) is 43.7. The van der Waals surface area contributed by atoms with Gasteiger partial charge in [-0.2, -0.15) is 4.98 Å². The highest BCUT2D eigenvalue weighted by atomic mass is 16.6. The molecule has 0 fully saturated rings. The van der Waals surface area contributed by atoms with Crippen molar-refractivity contribution >= 4 is 29.4 Å². The molecule has 12 nitrogen and oxygen atoms in total. The highest BCUT2D eigenvalue weighted by Gasteiger charge is 2.38. The van der Waals surface area contributed by atoms with Gasteiger partial charge >= 0.3 is 11.9 Å². The first-order valence-electron chi connectivity index (χ1n) is 10.2. The molecule has 5 atom stereocenters. The fourth-order valence-corrected chi connectivity index (χ4v) is 2.98. The number of carbonyl (C=O) groups is 2. The lowest BCUT2D eigenvalue weighted by Gasteiger charge is -2.36. The number of nitrogens with zero attached hydrogens (tertiary/aromatic N) is 1. The Balaban J connectivity index is 2.28. The third kappa shape index (κ3) is 5.85. The summed E-state index contributed by atoms with van der Waals surface area (Å²) in [6.45, 7) is 8.98. The smallest absolute Gasteiger partial charge is 0.323 e. The van der Waals surface area contributed by atoms with Crippen molar-refractivity contribution in [3.05, 3.63) is 10.4 Å². The van der Waals surface area contributed by atoms with Crippen molar-refractivity contribution in [2.45, 2.75) is 65.0 Å². The third-order valence-corrected chi connectivity index (χ3v) is 5.15. The van der Waals surface area contributed by atoms with Crippen molar-refractivity contribution in [3.63, 3.8) is 0 Å². The first-order chi connectivity index (χ1) is 14.4. The second-order valence-corrected chi connectivity index (χ2v) is 8.39. The summed E-state index contributed by atoms with van der Waals surface area (Å²) in [5, 5.41) is 6.00. The SMILES string of the molecule is CC(C)C(N)C(=O)OC(C)C(OC(=O)C(N)C(C)C)C1CNc2nc(N)[nH]c(=O)c2N1. The maximum absolute atomic E-state index is 12.6. The Kier molecular flexibility index (Phi) is 7.85. The number of fused-ring (bicyclic) bond motifs is 1. The van der Waals surface area contributed by atoms with Crippen LogP contribution in [0.15, 0.2) is 4.79 Å². The Morgan fingerprint density at radius 3 is 2.13 bits per heavy atom. The molecule has 0 amide bonds. The van der Waals surface area contributed by atoms with Gasteiger partial charge < -0.3 is 37.3 Å². The second kappa shape index (κ2) is 9.96. The number of carbonyl (C=O) groups excluding carboxylic acids is 2. The van der Waals surface area contributed by atoms with E-state index >= 15 is 0 Å². The summed E-state index contributed by atoms with van der Waals surface area (Å²) < 4.78 is 11.1. The van der Waals surface area contributed by atoms with Crippen LogP contribution in [-0.4, -0.2) is 58.8 Å². The van der Waals surface area contributed by atoms with E-state index in [1.807, 2.05) is 0 Å². The van der Waals surface area contributed by atoms with Gasteiger partial charge in [-0.25, -0.2) is 0 Å². The third-order valence-electron chi connectivity index (χ3n) is 5.15. The molecule has 0 saturated heterocycles. The zero-order valence-corrected chi connectivity index (χ0v) is 18.5. The summed E-state index contributed by atoms with van der Waals surface area (Å²) in [7, 11) is 0. The largest absolute Gasteiger partial charge is 0.457 e. The van der Waals surface area contributed by atoms with E-state index in [0.717, 1.165) is 0 Å². The minimum absolute atomic E-state index is 0.0349. The van der Waals surface area contributed by atoms with Crippen molar-refractivity contribution in [1.29, 1.82) is 0 Å². The zero-order valence-electron chi connectivity index (χ0n) is 18.5. The van der Waals surface area contributed by atoms with Gasteiger partial charge in [0, 0.05) is 6.54 Å². The van der Waals surface area contributed by atoms with E-state index in [-0.39, 0.29) is 35.8 Å². The van der Waals surface area contributed by atoms with E-state index in [1.54, 1.807) is 34.6 Å². The summed E-state index contributed by atoms with van der Waals surface area (Å²) in [6.07, 6.45) is -1.83. The number of nitrogen functional groups attached to an aromatic ring is 1. The minimum Gasteiger partial charge on any atom is -0.457 e.